The summed E-state index contributed by atoms with van der Waals surface area (Å²) in [5.74, 6) is 0.564. The van der Waals surface area contributed by atoms with Crippen LogP contribution in [-0.2, 0) is 4.74 Å². The number of ether oxygens (including phenoxy) is 1. The lowest BCUT2D eigenvalue weighted by molar-refractivity contribution is 0.156. The van der Waals surface area contributed by atoms with Crippen LogP contribution in [-0.4, -0.2) is 32.7 Å². The Hall–Kier alpha value is -0.730. The molecule has 84 valence electrons. The van der Waals surface area contributed by atoms with Gasteiger partial charge in [-0.3, -0.25) is 0 Å². The van der Waals surface area contributed by atoms with Crippen molar-refractivity contribution in [3.63, 3.8) is 0 Å². The molecule has 0 saturated carbocycles. The Kier molecular flexibility index (Phi) is 5.51. The molecule has 1 rings (SSSR count). The minimum atomic E-state index is 0.564. The molecule has 0 spiro atoms. The molecule has 0 amide bonds. The lowest BCUT2D eigenvalue weighted by Gasteiger charge is -2.21. The molecule has 0 N–H and O–H groups in total. The summed E-state index contributed by atoms with van der Waals surface area (Å²) in [6.45, 7) is 4.36. The summed E-state index contributed by atoms with van der Waals surface area (Å²) in [6.07, 6.45) is 0. The second-order valence-electron chi connectivity index (χ2n) is 3.51. The SMILES string of the molecule is Cc1ccccc1N(C)CCOCCCl. The molecular weight excluding hydrogens is 210 g/mol. The molecule has 1 aromatic rings. The van der Waals surface area contributed by atoms with E-state index in [-0.39, 0.29) is 0 Å². The Balaban J connectivity index is 2.40. The van der Waals surface area contributed by atoms with Crippen molar-refractivity contribution in [2.45, 2.75) is 6.92 Å². The van der Waals surface area contributed by atoms with E-state index in [1.165, 1.54) is 11.3 Å². The van der Waals surface area contributed by atoms with Gasteiger partial charge in [0.2, 0.25) is 0 Å². The van der Waals surface area contributed by atoms with E-state index >= 15 is 0 Å². The average Bonchev–Trinajstić information content (AvgIpc) is 2.25. The number of benzene rings is 1. The molecule has 1 aromatic carbocycles. The number of anilines is 1. The fourth-order valence-corrected chi connectivity index (χ4v) is 1.58. The molecule has 0 aromatic heterocycles. The number of hydrogen-bond acceptors (Lipinski definition) is 2. The van der Waals surface area contributed by atoms with Gasteiger partial charge in [-0.1, -0.05) is 18.2 Å². The Morgan fingerprint density at radius 1 is 1.27 bits per heavy atom. The van der Waals surface area contributed by atoms with Crippen LogP contribution in [0.25, 0.3) is 0 Å². The first-order chi connectivity index (χ1) is 7.25. The summed E-state index contributed by atoms with van der Waals surface area (Å²) in [7, 11) is 2.08. The van der Waals surface area contributed by atoms with Gasteiger partial charge in [-0.25, -0.2) is 0 Å². The molecule has 0 atom stereocenters. The number of hydrogen-bond donors (Lipinski definition) is 0. The van der Waals surface area contributed by atoms with Crippen LogP contribution in [0, 0.1) is 6.92 Å². The van der Waals surface area contributed by atoms with Crippen LogP contribution >= 0.6 is 11.6 Å². The van der Waals surface area contributed by atoms with Gasteiger partial charge in [0, 0.05) is 25.2 Å². The molecule has 2 nitrogen and oxygen atoms in total. The van der Waals surface area contributed by atoms with Crippen LogP contribution in [0.4, 0.5) is 5.69 Å². The van der Waals surface area contributed by atoms with E-state index < -0.39 is 0 Å². The number of nitrogens with zero attached hydrogens (tertiary/aromatic N) is 1. The predicted molar refractivity (Wildman–Crippen MR) is 66.0 cm³/mol. The van der Waals surface area contributed by atoms with Gasteiger partial charge in [0.1, 0.15) is 0 Å². The average molecular weight is 228 g/mol. The molecule has 0 radical (unpaired) electrons. The van der Waals surface area contributed by atoms with Crippen molar-refractivity contribution in [3.8, 4) is 0 Å². The maximum absolute atomic E-state index is 5.52. The number of rotatable bonds is 6. The van der Waals surface area contributed by atoms with Crippen molar-refractivity contribution in [1.29, 1.82) is 0 Å². The zero-order valence-electron chi connectivity index (χ0n) is 9.37. The van der Waals surface area contributed by atoms with Gasteiger partial charge in [0.15, 0.2) is 0 Å². The van der Waals surface area contributed by atoms with E-state index in [4.69, 9.17) is 16.3 Å². The lowest BCUT2D eigenvalue weighted by Crippen LogP contribution is -2.23. The number of likely N-dealkylation sites (N-methyl/N-ethyl adjacent to an activating group) is 1. The highest BCUT2D eigenvalue weighted by molar-refractivity contribution is 6.17. The molecule has 0 aliphatic carbocycles. The molecular formula is C12H18ClNO. The van der Waals surface area contributed by atoms with Crippen molar-refractivity contribution in [1.82, 2.24) is 0 Å². The number of para-hydroxylation sites is 1. The lowest BCUT2D eigenvalue weighted by atomic mass is 10.2. The maximum Gasteiger partial charge on any atom is 0.0642 e. The molecule has 15 heavy (non-hydrogen) atoms. The third kappa shape index (κ3) is 4.10. The normalized spacial score (nSPS) is 10.3. The molecule has 0 bridgehead atoms. The molecule has 0 aliphatic rings. The van der Waals surface area contributed by atoms with Crippen molar-refractivity contribution in [3.05, 3.63) is 29.8 Å². The fraction of sp³-hybridized carbons (Fsp3) is 0.500. The minimum absolute atomic E-state index is 0.564. The van der Waals surface area contributed by atoms with Crippen LogP contribution in [0.2, 0.25) is 0 Å². The second kappa shape index (κ2) is 6.70. The molecule has 0 saturated heterocycles. The molecule has 0 aliphatic heterocycles. The van der Waals surface area contributed by atoms with Gasteiger partial charge in [0.25, 0.3) is 0 Å². The van der Waals surface area contributed by atoms with E-state index in [1.807, 2.05) is 0 Å². The highest BCUT2D eigenvalue weighted by Gasteiger charge is 2.02. The monoisotopic (exact) mass is 227 g/mol. The van der Waals surface area contributed by atoms with Crippen LogP contribution in [0.5, 0.6) is 0 Å². The maximum atomic E-state index is 5.52. The highest BCUT2D eigenvalue weighted by atomic mass is 35.5. The third-order valence-corrected chi connectivity index (χ3v) is 2.47. The van der Waals surface area contributed by atoms with Gasteiger partial charge in [-0.15, -0.1) is 11.6 Å². The standard InChI is InChI=1S/C12H18ClNO/c1-11-5-3-4-6-12(11)14(2)8-10-15-9-7-13/h3-6H,7-10H2,1-2H3. The summed E-state index contributed by atoms with van der Waals surface area (Å²) in [6, 6.07) is 8.34. The summed E-state index contributed by atoms with van der Waals surface area (Å²) >= 11 is 5.52. The Bertz CT molecular complexity index is 291. The van der Waals surface area contributed by atoms with Crippen LogP contribution in [0.15, 0.2) is 24.3 Å². The molecule has 0 fully saturated rings. The predicted octanol–water partition coefficient (Wildman–Crippen LogP) is 2.69. The topological polar surface area (TPSA) is 12.5 Å². The number of alkyl halides is 1. The van der Waals surface area contributed by atoms with E-state index in [1.54, 1.807) is 0 Å². The van der Waals surface area contributed by atoms with Crippen molar-refractivity contribution in [2.24, 2.45) is 0 Å². The van der Waals surface area contributed by atoms with Crippen molar-refractivity contribution >= 4 is 17.3 Å². The third-order valence-electron chi connectivity index (χ3n) is 2.32. The first kappa shape index (κ1) is 12.3. The van der Waals surface area contributed by atoms with Gasteiger partial charge in [-0.2, -0.15) is 0 Å². The van der Waals surface area contributed by atoms with E-state index in [0.29, 0.717) is 12.5 Å². The fourth-order valence-electron chi connectivity index (χ4n) is 1.47. The highest BCUT2D eigenvalue weighted by Crippen LogP contribution is 2.17. The summed E-state index contributed by atoms with van der Waals surface area (Å²) in [4.78, 5) is 2.20. The first-order valence-electron chi connectivity index (χ1n) is 5.16. The zero-order valence-corrected chi connectivity index (χ0v) is 10.1. The van der Waals surface area contributed by atoms with Gasteiger partial charge >= 0.3 is 0 Å². The Morgan fingerprint density at radius 2 is 2.00 bits per heavy atom. The van der Waals surface area contributed by atoms with E-state index in [0.717, 1.165) is 13.2 Å². The largest absolute Gasteiger partial charge is 0.378 e. The minimum Gasteiger partial charge on any atom is -0.378 e. The van der Waals surface area contributed by atoms with Gasteiger partial charge in [-0.05, 0) is 18.6 Å². The summed E-state index contributed by atoms with van der Waals surface area (Å²) in [5, 5.41) is 0. The second-order valence-corrected chi connectivity index (χ2v) is 3.89. The first-order valence-corrected chi connectivity index (χ1v) is 5.69. The Morgan fingerprint density at radius 3 is 2.67 bits per heavy atom. The van der Waals surface area contributed by atoms with Crippen molar-refractivity contribution in [2.75, 3.05) is 37.6 Å². The van der Waals surface area contributed by atoms with Gasteiger partial charge < -0.3 is 9.64 Å². The van der Waals surface area contributed by atoms with Crippen molar-refractivity contribution < 1.29 is 4.74 Å². The summed E-state index contributed by atoms with van der Waals surface area (Å²) in [5.41, 5.74) is 2.55. The quantitative estimate of drug-likeness (QED) is 0.547. The van der Waals surface area contributed by atoms with E-state index in [9.17, 15) is 0 Å². The smallest absolute Gasteiger partial charge is 0.0642 e. The summed E-state index contributed by atoms with van der Waals surface area (Å²) < 4.78 is 5.34. The van der Waals surface area contributed by atoms with E-state index in [2.05, 4.69) is 43.1 Å². The van der Waals surface area contributed by atoms with Gasteiger partial charge in [0.05, 0.1) is 13.2 Å². The molecule has 0 heterocycles. The van der Waals surface area contributed by atoms with Crippen LogP contribution < -0.4 is 4.90 Å². The number of halogens is 1. The van der Waals surface area contributed by atoms with Crippen LogP contribution in [0.1, 0.15) is 5.56 Å². The molecule has 0 unspecified atom stereocenters. The molecule has 3 heteroatoms. The van der Waals surface area contributed by atoms with Crippen LogP contribution in [0.3, 0.4) is 0 Å². The Labute approximate surface area is 96.8 Å². The number of aryl methyl sites for hydroxylation is 1. The zero-order chi connectivity index (χ0) is 11.1.